The molecular weight excluding hydrogens is 404 g/mol. The molecule has 1 saturated heterocycles. The lowest BCUT2D eigenvalue weighted by Crippen LogP contribution is -2.24. The summed E-state index contributed by atoms with van der Waals surface area (Å²) in [6, 6.07) is 15.6. The van der Waals surface area contributed by atoms with Gasteiger partial charge in [0.05, 0.1) is 27.2 Å². The molecule has 0 spiro atoms. The maximum atomic E-state index is 12.6. The van der Waals surface area contributed by atoms with Gasteiger partial charge in [-0.05, 0) is 35.9 Å². The second-order valence-electron chi connectivity index (χ2n) is 7.21. The number of pyridine rings is 1. The van der Waals surface area contributed by atoms with Gasteiger partial charge in [-0.15, -0.1) is 0 Å². The van der Waals surface area contributed by atoms with Crippen LogP contribution in [0.5, 0.6) is 11.5 Å². The molecule has 3 aromatic rings. The smallest absolute Gasteiger partial charge is 0.311 e. The fourth-order valence-corrected chi connectivity index (χ4v) is 4.44. The highest BCUT2D eigenvalue weighted by atomic mass is 35.5. The molecule has 0 amide bonds. The minimum Gasteiger partial charge on any atom is -0.496 e. The minimum absolute atomic E-state index is 0.169. The summed E-state index contributed by atoms with van der Waals surface area (Å²) in [5.41, 5.74) is 2.47. The Morgan fingerprint density at radius 1 is 1.03 bits per heavy atom. The summed E-state index contributed by atoms with van der Waals surface area (Å²) in [7, 11) is 4.62. The van der Waals surface area contributed by atoms with Crippen molar-refractivity contribution in [1.82, 2.24) is 4.98 Å². The summed E-state index contributed by atoms with van der Waals surface area (Å²) >= 11 is 6.64. The van der Waals surface area contributed by atoms with E-state index in [-0.39, 0.29) is 17.8 Å². The van der Waals surface area contributed by atoms with Crippen molar-refractivity contribution in [1.29, 1.82) is 0 Å². The molecule has 2 aromatic carbocycles. The monoisotopic (exact) mass is 426 g/mol. The zero-order valence-corrected chi connectivity index (χ0v) is 17.8. The summed E-state index contributed by atoms with van der Waals surface area (Å²) in [5.74, 6) is 0.499. The summed E-state index contributed by atoms with van der Waals surface area (Å²) in [5, 5.41) is 1.14. The number of nitrogens with zero attached hydrogens (tertiary/aromatic N) is 2. The van der Waals surface area contributed by atoms with Gasteiger partial charge >= 0.3 is 5.97 Å². The van der Waals surface area contributed by atoms with Gasteiger partial charge in [-0.25, -0.2) is 4.98 Å². The van der Waals surface area contributed by atoms with Gasteiger partial charge in [-0.1, -0.05) is 29.8 Å². The van der Waals surface area contributed by atoms with Crippen molar-refractivity contribution < 1.29 is 19.0 Å². The first kappa shape index (κ1) is 20.3. The van der Waals surface area contributed by atoms with Crippen LogP contribution >= 0.6 is 11.6 Å². The number of benzene rings is 2. The normalized spacial score (nSPS) is 18.5. The van der Waals surface area contributed by atoms with Crippen LogP contribution in [0.3, 0.4) is 0 Å². The Hall–Kier alpha value is -2.99. The average molecular weight is 427 g/mol. The minimum atomic E-state index is -0.358. The number of hydrogen-bond donors (Lipinski definition) is 0. The summed E-state index contributed by atoms with van der Waals surface area (Å²) < 4.78 is 16.1. The second kappa shape index (κ2) is 8.40. The number of methoxy groups -OCH3 is 3. The van der Waals surface area contributed by atoms with E-state index in [0.29, 0.717) is 35.3 Å². The number of rotatable bonds is 5. The molecule has 1 aliphatic rings. The predicted molar refractivity (Wildman–Crippen MR) is 117 cm³/mol. The fraction of sp³-hybridized carbons (Fsp3) is 0.304. The van der Waals surface area contributed by atoms with Crippen molar-refractivity contribution in [2.24, 2.45) is 5.92 Å². The zero-order valence-electron chi connectivity index (χ0n) is 17.1. The first-order valence-corrected chi connectivity index (χ1v) is 10.0. The molecule has 7 heteroatoms. The fourth-order valence-electron chi connectivity index (χ4n) is 4.16. The molecule has 30 heavy (non-hydrogen) atoms. The SMILES string of the molecule is COC(=O)[C@@H]1CN(c2ccccc2)C[C@H]1c1cc2c(OC)ccc(OC)c2nc1Cl. The van der Waals surface area contributed by atoms with Crippen LogP contribution in [0.25, 0.3) is 10.9 Å². The van der Waals surface area contributed by atoms with Crippen molar-refractivity contribution in [3.05, 3.63) is 59.2 Å². The zero-order chi connectivity index (χ0) is 21.3. The maximum Gasteiger partial charge on any atom is 0.311 e. The van der Waals surface area contributed by atoms with E-state index in [1.54, 1.807) is 20.3 Å². The molecule has 0 aliphatic carbocycles. The third-order valence-corrected chi connectivity index (χ3v) is 5.98. The number of para-hydroxylation sites is 1. The van der Waals surface area contributed by atoms with Crippen LogP contribution in [0.1, 0.15) is 11.5 Å². The predicted octanol–water partition coefficient (Wildman–Crippen LogP) is 4.30. The van der Waals surface area contributed by atoms with Gasteiger partial charge in [0.1, 0.15) is 22.2 Å². The lowest BCUT2D eigenvalue weighted by molar-refractivity contribution is -0.145. The van der Waals surface area contributed by atoms with Crippen molar-refractivity contribution >= 4 is 34.2 Å². The van der Waals surface area contributed by atoms with Gasteiger partial charge in [-0.3, -0.25) is 4.79 Å². The molecule has 4 rings (SSSR count). The molecule has 0 saturated carbocycles. The van der Waals surface area contributed by atoms with Crippen LogP contribution in [-0.2, 0) is 9.53 Å². The lowest BCUT2D eigenvalue weighted by Gasteiger charge is -2.20. The van der Waals surface area contributed by atoms with Gasteiger partial charge in [-0.2, -0.15) is 0 Å². The van der Waals surface area contributed by atoms with E-state index < -0.39 is 0 Å². The standard InChI is InChI=1S/C23H23ClN2O4/c1-28-19-9-10-20(29-2)21-16(19)11-15(22(24)25-21)17-12-26(13-18(17)23(27)30-3)14-7-5-4-6-8-14/h4-11,17-18H,12-13H2,1-3H3/t17-,18+/m0/s1. The highest BCUT2D eigenvalue weighted by Gasteiger charge is 2.41. The molecule has 1 fully saturated rings. The number of aromatic nitrogens is 1. The van der Waals surface area contributed by atoms with Gasteiger partial charge < -0.3 is 19.1 Å². The van der Waals surface area contributed by atoms with Gasteiger partial charge in [0.2, 0.25) is 0 Å². The van der Waals surface area contributed by atoms with E-state index in [4.69, 9.17) is 25.8 Å². The van der Waals surface area contributed by atoms with Crippen LogP contribution in [0, 0.1) is 5.92 Å². The number of halogens is 1. The van der Waals surface area contributed by atoms with E-state index in [9.17, 15) is 4.79 Å². The Morgan fingerprint density at radius 2 is 1.73 bits per heavy atom. The largest absolute Gasteiger partial charge is 0.496 e. The molecule has 156 valence electrons. The Labute approximate surface area is 180 Å². The molecular formula is C23H23ClN2O4. The van der Waals surface area contributed by atoms with Gasteiger partial charge in [0.15, 0.2) is 0 Å². The first-order chi connectivity index (χ1) is 14.6. The molecule has 0 bridgehead atoms. The molecule has 0 radical (unpaired) electrons. The summed E-state index contributed by atoms with van der Waals surface area (Å²) in [6.45, 7) is 1.17. The first-order valence-electron chi connectivity index (χ1n) is 9.66. The topological polar surface area (TPSA) is 60.9 Å². The van der Waals surface area contributed by atoms with E-state index in [1.165, 1.54) is 7.11 Å². The van der Waals surface area contributed by atoms with Crippen molar-refractivity contribution in [3.63, 3.8) is 0 Å². The quantitative estimate of drug-likeness (QED) is 0.448. The molecule has 2 heterocycles. The van der Waals surface area contributed by atoms with Gasteiger partial charge in [0, 0.05) is 30.1 Å². The summed E-state index contributed by atoms with van der Waals surface area (Å²) in [4.78, 5) is 19.4. The third-order valence-electron chi connectivity index (χ3n) is 5.67. The van der Waals surface area contributed by atoms with Gasteiger partial charge in [0.25, 0.3) is 0 Å². The van der Waals surface area contributed by atoms with Crippen LogP contribution in [0.15, 0.2) is 48.5 Å². The van der Waals surface area contributed by atoms with E-state index in [0.717, 1.165) is 16.6 Å². The Balaban J connectivity index is 1.82. The van der Waals surface area contributed by atoms with Crippen molar-refractivity contribution in [2.45, 2.75) is 5.92 Å². The number of hydrogen-bond acceptors (Lipinski definition) is 6. The highest BCUT2D eigenvalue weighted by Crippen LogP contribution is 2.42. The molecule has 0 N–H and O–H groups in total. The molecule has 1 aliphatic heterocycles. The second-order valence-corrected chi connectivity index (χ2v) is 7.57. The third kappa shape index (κ3) is 3.52. The Kier molecular flexibility index (Phi) is 5.68. The molecule has 0 unspecified atom stereocenters. The van der Waals surface area contributed by atoms with Crippen molar-refractivity contribution in [3.8, 4) is 11.5 Å². The van der Waals surface area contributed by atoms with E-state index in [1.807, 2.05) is 42.5 Å². The number of fused-ring (bicyclic) bond motifs is 1. The summed E-state index contributed by atoms with van der Waals surface area (Å²) in [6.07, 6.45) is 0. The number of esters is 1. The van der Waals surface area contributed by atoms with E-state index in [2.05, 4.69) is 9.88 Å². The number of anilines is 1. The maximum absolute atomic E-state index is 12.6. The van der Waals surface area contributed by atoms with Crippen molar-refractivity contribution in [2.75, 3.05) is 39.3 Å². The molecule has 1 aromatic heterocycles. The van der Waals surface area contributed by atoms with E-state index >= 15 is 0 Å². The number of ether oxygens (including phenoxy) is 3. The molecule has 2 atom stereocenters. The number of carbonyl (C=O) groups excluding carboxylic acids is 1. The highest BCUT2D eigenvalue weighted by molar-refractivity contribution is 6.30. The van der Waals surface area contributed by atoms with Crippen LogP contribution in [-0.4, -0.2) is 45.4 Å². The number of carbonyl (C=O) groups is 1. The Morgan fingerprint density at radius 3 is 2.40 bits per heavy atom. The average Bonchev–Trinajstić information content (AvgIpc) is 3.23. The molecule has 6 nitrogen and oxygen atoms in total. The Bertz CT molecular complexity index is 1070. The van der Waals surface area contributed by atoms with Crippen LogP contribution in [0.4, 0.5) is 5.69 Å². The van der Waals surface area contributed by atoms with Crippen LogP contribution < -0.4 is 14.4 Å². The van der Waals surface area contributed by atoms with Crippen LogP contribution in [0.2, 0.25) is 5.15 Å². The lowest BCUT2D eigenvalue weighted by atomic mass is 9.89.